The number of hydrogen-bond donors (Lipinski definition) is 0. The molecule has 0 aromatic carbocycles. The highest BCUT2D eigenvalue weighted by atomic mass is 16.1. The van der Waals surface area contributed by atoms with Gasteiger partial charge in [-0.2, -0.15) is 5.10 Å². The predicted molar refractivity (Wildman–Crippen MR) is 70.3 cm³/mol. The second kappa shape index (κ2) is 4.52. The Kier molecular flexibility index (Phi) is 3.00. The molecule has 2 saturated carbocycles. The number of fused-ring (bicyclic) bond motifs is 1. The van der Waals surface area contributed by atoms with Gasteiger partial charge < -0.3 is 0 Å². The SMILES string of the molecule is CCc1cc(CC(=O)C2C3CCCC32)n(CC)n1. The molecule has 0 radical (unpaired) electrons. The van der Waals surface area contributed by atoms with Crippen molar-refractivity contribution in [2.24, 2.45) is 17.8 Å². The van der Waals surface area contributed by atoms with E-state index < -0.39 is 0 Å². The number of carbonyl (C=O) groups is 1. The lowest BCUT2D eigenvalue weighted by atomic mass is 10.0. The summed E-state index contributed by atoms with van der Waals surface area (Å²) in [6, 6.07) is 2.11. The smallest absolute Gasteiger partial charge is 0.142 e. The molecule has 0 aliphatic heterocycles. The van der Waals surface area contributed by atoms with Gasteiger partial charge in [-0.3, -0.25) is 9.48 Å². The number of rotatable bonds is 5. The predicted octanol–water partition coefficient (Wildman–Crippen LogP) is 2.62. The molecule has 1 heterocycles. The third kappa shape index (κ3) is 1.90. The van der Waals surface area contributed by atoms with Crippen LogP contribution < -0.4 is 0 Å². The molecular formula is C15H22N2O. The minimum atomic E-state index is 0.393. The molecule has 2 atom stereocenters. The van der Waals surface area contributed by atoms with E-state index in [1.54, 1.807) is 0 Å². The zero-order valence-corrected chi connectivity index (χ0v) is 11.4. The zero-order valence-electron chi connectivity index (χ0n) is 11.4. The first-order chi connectivity index (χ1) is 8.74. The first-order valence-electron chi connectivity index (χ1n) is 7.32. The van der Waals surface area contributed by atoms with Crippen molar-refractivity contribution in [3.05, 3.63) is 17.5 Å². The summed E-state index contributed by atoms with van der Waals surface area (Å²) >= 11 is 0. The molecule has 0 amide bonds. The van der Waals surface area contributed by atoms with Gasteiger partial charge in [0.05, 0.1) is 5.69 Å². The average Bonchev–Trinajstić information content (AvgIpc) is 2.77. The molecular weight excluding hydrogens is 224 g/mol. The van der Waals surface area contributed by atoms with Crippen molar-refractivity contribution < 1.29 is 4.79 Å². The fourth-order valence-corrected chi connectivity index (χ4v) is 3.70. The highest BCUT2D eigenvalue weighted by molar-refractivity contribution is 5.86. The lowest BCUT2D eigenvalue weighted by molar-refractivity contribution is -0.120. The van der Waals surface area contributed by atoms with Gasteiger partial charge in [-0.25, -0.2) is 0 Å². The summed E-state index contributed by atoms with van der Waals surface area (Å²) < 4.78 is 1.99. The molecule has 1 aromatic heterocycles. The molecule has 0 spiro atoms. The molecule has 18 heavy (non-hydrogen) atoms. The van der Waals surface area contributed by atoms with Gasteiger partial charge in [-0.1, -0.05) is 13.3 Å². The largest absolute Gasteiger partial charge is 0.299 e. The van der Waals surface area contributed by atoms with Gasteiger partial charge in [0.25, 0.3) is 0 Å². The van der Waals surface area contributed by atoms with Crippen LogP contribution in [0.25, 0.3) is 0 Å². The van der Waals surface area contributed by atoms with E-state index in [9.17, 15) is 4.79 Å². The first kappa shape index (κ1) is 11.9. The van der Waals surface area contributed by atoms with Crippen molar-refractivity contribution in [3.63, 3.8) is 0 Å². The van der Waals surface area contributed by atoms with Crippen LogP contribution in [0.5, 0.6) is 0 Å². The molecule has 2 aliphatic carbocycles. The van der Waals surface area contributed by atoms with Crippen LogP contribution in [0, 0.1) is 17.8 Å². The van der Waals surface area contributed by atoms with Gasteiger partial charge in [0, 0.05) is 24.6 Å². The van der Waals surface area contributed by atoms with E-state index in [0.29, 0.717) is 18.1 Å². The number of ketones is 1. The molecule has 98 valence electrons. The Bertz CT molecular complexity index is 453. The molecule has 2 aliphatic rings. The Morgan fingerprint density at radius 3 is 2.72 bits per heavy atom. The van der Waals surface area contributed by atoms with Crippen LogP contribution in [-0.4, -0.2) is 15.6 Å². The van der Waals surface area contributed by atoms with Gasteiger partial charge in [0.2, 0.25) is 0 Å². The zero-order chi connectivity index (χ0) is 12.7. The maximum atomic E-state index is 12.3. The van der Waals surface area contributed by atoms with E-state index in [-0.39, 0.29) is 0 Å². The number of nitrogens with zero attached hydrogens (tertiary/aromatic N) is 2. The molecule has 3 nitrogen and oxygen atoms in total. The average molecular weight is 246 g/mol. The highest BCUT2D eigenvalue weighted by Gasteiger charge is 2.55. The number of aryl methyl sites for hydroxylation is 2. The summed E-state index contributed by atoms with van der Waals surface area (Å²) in [5.74, 6) is 2.33. The van der Waals surface area contributed by atoms with E-state index in [1.165, 1.54) is 19.3 Å². The van der Waals surface area contributed by atoms with Crippen molar-refractivity contribution in [1.82, 2.24) is 9.78 Å². The first-order valence-corrected chi connectivity index (χ1v) is 7.32. The van der Waals surface area contributed by atoms with E-state index in [1.807, 2.05) is 4.68 Å². The quantitative estimate of drug-likeness (QED) is 0.800. The molecule has 2 unspecified atom stereocenters. The van der Waals surface area contributed by atoms with Gasteiger partial charge >= 0.3 is 0 Å². The monoisotopic (exact) mass is 246 g/mol. The Morgan fingerprint density at radius 2 is 2.11 bits per heavy atom. The van der Waals surface area contributed by atoms with Crippen LogP contribution in [0.1, 0.15) is 44.5 Å². The topological polar surface area (TPSA) is 34.9 Å². The van der Waals surface area contributed by atoms with Crippen LogP contribution >= 0.6 is 0 Å². The Balaban J connectivity index is 1.68. The molecule has 3 rings (SSSR count). The number of aromatic nitrogens is 2. The third-order valence-electron chi connectivity index (χ3n) is 4.71. The Hall–Kier alpha value is -1.12. The van der Waals surface area contributed by atoms with E-state index in [0.717, 1.165) is 36.2 Å². The summed E-state index contributed by atoms with van der Waals surface area (Å²) in [5.41, 5.74) is 2.22. The third-order valence-corrected chi connectivity index (χ3v) is 4.71. The summed E-state index contributed by atoms with van der Waals surface area (Å²) in [7, 11) is 0. The Morgan fingerprint density at radius 1 is 1.39 bits per heavy atom. The molecule has 0 N–H and O–H groups in total. The maximum Gasteiger partial charge on any atom is 0.142 e. The molecule has 0 saturated heterocycles. The second-order valence-corrected chi connectivity index (χ2v) is 5.72. The van der Waals surface area contributed by atoms with Crippen molar-refractivity contribution in [1.29, 1.82) is 0 Å². The molecule has 1 aromatic rings. The minimum Gasteiger partial charge on any atom is -0.299 e. The molecule has 2 fully saturated rings. The van der Waals surface area contributed by atoms with Crippen LogP contribution in [0.3, 0.4) is 0 Å². The Labute approximate surface area is 109 Å². The minimum absolute atomic E-state index is 0.393. The second-order valence-electron chi connectivity index (χ2n) is 5.72. The summed E-state index contributed by atoms with van der Waals surface area (Å²) in [6.45, 7) is 5.06. The van der Waals surface area contributed by atoms with Crippen LogP contribution in [0.4, 0.5) is 0 Å². The number of Topliss-reactive ketones (excluding diaryl/α,β-unsaturated/α-hetero) is 1. The molecule has 0 bridgehead atoms. The normalized spacial score (nSPS) is 29.3. The van der Waals surface area contributed by atoms with E-state index >= 15 is 0 Å². The van der Waals surface area contributed by atoms with Gasteiger partial charge in [0.15, 0.2) is 0 Å². The lowest BCUT2D eigenvalue weighted by Crippen LogP contribution is -2.13. The fraction of sp³-hybridized carbons (Fsp3) is 0.733. The number of hydrogen-bond acceptors (Lipinski definition) is 2. The number of carbonyl (C=O) groups excluding carboxylic acids is 1. The van der Waals surface area contributed by atoms with Crippen molar-refractivity contribution in [2.45, 2.75) is 52.5 Å². The van der Waals surface area contributed by atoms with E-state index in [2.05, 4.69) is 25.0 Å². The fourth-order valence-electron chi connectivity index (χ4n) is 3.70. The van der Waals surface area contributed by atoms with Crippen molar-refractivity contribution in [3.8, 4) is 0 Å². The van der Waals surface area contributed by atoms with Crippen LogP contribution in [0.2, 0.25) is 0 Å². The summed E-state index contributed by atoms with van der Waals surface area (Å²) in [6.07, 6.45) is 5.45. The van der Waals surface area contributed by atoms with Gasteiger partial charge in [-0.05, 0) is 44.1 Å². The maximum absolute atomic E-state index is 12.3. The van der Waals surface area contributed by atoms with E-state index in [4.69, 9.17) is 0 Å². The van der Waals surface area contributed by atoms with Crippen LogP contribution in [-0.2, 0) is 24.2 Å². The highest BCUT2D eigenvalue weighted by Crippen LogP contribution is 2.58. The van der Waals surface area contributed by atoms with Gasteiger partial charge in [-0.15, -0.1) is 0 Å². The standard InChI is InChI=1S/C15H22N2O/c1-3-10-8-11(17(4-2)16-10)9-14(18)15-12-6-5-7-13(12)15/h8,12-13,15H,3-7,9H2,1-2H3. The summed E-state index contributed by atoms with van der Waals surface area (Å²) in [5, 5.41) is 4.52. The van der Waals surface area contributed by atoms with Crippen molar-refractivity contribution >= 4 is 5.78 Å². The summed E-state index contributed by atoms with van der Waals surface area (Å²) in [4.78, 5) is 12.3. The lowest BCUT2D eigenvalue weighted by Gasteiger charge is -2.05. The molecule has 3 heteroatoms. The van der Waals surface area contributed by atoms with Crippen molar-refractivity contribution in [2.75, 3.05) is 0 Å². The van der Waals surface area contributed by atoms with Gasteiger partial charge in [0.1, 0.15) is 5.78 Å². The van der Waals surface area contributed by atoms with Crippen LogP contribution in [0.15, 0.2) is 6.07 Å².